The molecule has 24 heavy (non-hydrogen) atoms. The molecule has 1 atom stereocenters. The highest BCUT2D eigenvalue weighted by Gasteiger charge is 2.18. The summed E-state index contributed by atoms with van der Waals surface area (Å²) in [6, 6.07) is 16.1. The van der Waals surface area contributed by atoms with Crippen LogP contribution in [0.15, 0.2) is 48.5 Å². The summed E-state index contributed by atoms with van der Waals surface area (Å²) in [7, 11) is 0. The number of fused-ring (bicyclic) bond motifs is 1. The number of β-amino-alcohol motifs (C(OH)–C–C–N with tert-alkyl or cyclic N) is 1. The summed E-state index contributed by atoms with van der Waals surface area (Å²) >= 11 is 5.85. The zero-order valence-corrected chi connectivity index (χ0v) is 15.1. The van der Waals surface area contributed by atoms with Gasteiger partial charge in [-0.05, 0) is 35.2 Å². The first-order valence-corrected chi connectivity index (χ1v) is 8.38. The van der Waals surface area contributed by atoms with Crippen molar-refractivity contribution in [3.63, 3.8) is 0 Å². The Hall–Kier alpha value is -1.10. The highest BCUT2D eigenvalue weighted by atomic mass is 35.5. The monoisotopic (exact) mass is 367 g/mol. The molecule has 0 bridgehead atoms. The lowest BCUT2D eigenvalue weighted by Gasteiger charge is -2.30. The first kappa shape index (κ1) is 19.2. The molecule has 5 heteroatoms. The Morgan fingerprint density at radius 2 is 1.79 bits per heavy atom. The van der Waals surface area contributed by atoms with E-state index in [1.807, 2.05) is 24.3 Å². The van der Waals surface area contributed by atoms with Gasteiger partial charge in [-0.15, -0.1) is 12.4 Å². The van der Waals surface area contributed by atoms with Crippen LogP contribution in [-0.2, 0) is 24.3 Å². The van der Waals surface area contributed by atoms with Gasteiger partial charge < -0.3 is 9.84 Å². The number of nitrogens with zero attached hydrogens (tertiary/aromatic N) is 1. The van der Waals surface area contributed by atoms with E-state index in [0.29, 0.717) is 19.8 Å². The minimum atomic E-state index is -0.465. The molecule has 3 nitrogen and oxygen atoms in total. The van der Waals surface area contributed by atoms with E-state index >= 15 is 0 Å². The van der Waals surface area contributed by atoms with Crippen LogP contribution in [0.25, 0.3) is 0 Å². The molecule has 3 rings (SSSR count). The van der Waals surface area contributed by atoms with Crippen LogP contribution < -0.4 is 0 Å². The van der Waals surface area contributed by atoms with Gasteiger partial charge in [-0.25, -0.2) is 0 Å². The third-order valence-electron chi connectivity index (χ3n) is 4.17. The average molecular weight is 368 g/mol. The van der Waals surface area contributed by atoms with Gasteiger partial charge in [-0.1, -0.05) is 48.0 Å². The van der Waals surface area contributed by atoms with E-state index in [1.54, 1.807) is 0 Å². The first-order chi connectivity index (χ1) is 11.2. The van der Waals surface area contributed by atoms with Crippen molar-refractivity contribution < 1.29 is 9.84 Å². The van der Waals surface area contributed by atoms with Crippen LogP contribution in [0.3, 0.4) is 0 Å². The van der Waals surface area contributed by atoms with E-state index < -0.39 is 6.10 Å². The van der Waals surface area contributed by atoms with E-state index in [9.17, 15) is 5.11 Å². The number of ether oxygens (including phenoxy) is 1. The van der Waals surface area contributed by atoms with Crippen molar-refractivity contribution in [2.75, 3.05) is 19.7 Å². The molecule has 0 radical (unpaired) electrons. The smallest absolute Gasteiger partial charge is 0.0900 e. The Bertz CT molecular complexity index is 634. The first-order valence-electron chi connectivity index (χ1n) is 8.00. The summed E-state index contributed by atoms with van der Waals surface area (Å²) in [5.41, 5.74) is 3.86. The van der Waals surface area contributed by atoms with Crippen molar-refractivity contribution in [2.24, 2.45) is 0 Å². The van der Waals surface area contributed by atoms with Crippen molar-refractivity contribution in [2.45, 2.75) is 25.7 Å². The standard InChI is InChI=1S/C19H22ClNO2.ClH/c20-18-7-5-15(6-8-18)13-23-14-19(22)12-21-10-9-16-3-1-2-4-17(16)11-21;/h1-8,19,22H,9-14H2;1H. The molecule has 0 aliphatic carbocycles. The summed E-state index contributed by atoms with van der Waals surface area (Å²) in [4.78, 5) is 2.29. The maximum Gasteiger partial charge on any atom is 0.0900 e. The Labute approximate surface area is 154 Å². The predicted octanol–water partition coefficient (Wildman–Crippen LogP) is 3.70. The molecule has 0 aromatic heterocycles. The van der Waals surface area contributed by atoms with Crippen molar-refractivity contribution in [3.8, 4) is 0 Å². The van der Waals surface area contributed by atoms with Crippen LogP contribution in [-0.4, -0.2) is 35.8 Å². The molecule has 1 aliphatic rings. The molecule has 1 unspecified atom stereocenters. The fourth-order valence-electron chi connectivity index (χ4n) is 2.95. The number of rotatable bonds is 6. The lowest BCUT2D eigenvalue weighted by Crippen LogP contribution is -2.38. The lowest BCUT2D eigenvalue weighted by molar-refractivity contribution is 0.00774. The van der Waals surface area contributed by atoms with Crippen LogP contribution in [0.5, 0.6) is 0 Å². The van der Waals surface area contributed by atoms with Crippen LogP contribution in [0, 0.1) is 0 Å². The molecule has 1 N–H and O–H groups in total. The minimum absolute atomic E-state index is 0. The zero-order valence-electron chi connectivity index (χ0n) is 13.5. The summed E-state index contributed by atoms with van der Waals surface area (Å²) in [5, 5.41) is 10.9. The molecule has 0 saturated carbocycles. The van der Waals surface area contributed by atoms with Crippen LogP contribution in [0.4, 0.5) is 0 Å². The number of hydrogen-bond donors (Lipinski definition) is 1. The summed E-state index contributed by atoms with van der Waals surface area (Å²) in [5.74, 6) is 0. The Balaban J connectivity index is 0.00000208. The fraction of sp³-hybridized carbons (Fsp3) is 0.368. The third-order valence-corrected chi connectivity index (χ3v) is 4.42. The zero-order chi connectivity index (χ0) is 16.1. The van der Waals surface area contributed by atoms with E-state index in [0.717, 1.165) is 30.1 Å². The van der Waals surface area contributed by atoms with Gasteiger partial charge in [-0.2, -0.15) is 0 Å². The highest BCUT2D eigenvalue weighted by Crippen LogP contribution is 2.18. The topological polar surface area (TPSA) is 32.7 Å². The van der Waals surface area contributed by atoms with Crippen LogP contribution in [0.2, 0.25) is 5.02 Å². The molecule has 130 valence electrons. The van der Waals surface area contributed by atoms with E-state index in [4.69, 9.17) is 16.3 Å². The normalized spacial score (nSPS) is 15.4. The molecule has 0 fully saturated rings. The second-order valence-electron chi connectivity index (χ2n) is 6.05. The molecule has 1 aliphatic heterocycles. The predicted molar refractivity (Wildman–Crippen MR) is 99.8 cm³/mol. The number of halogens is 2. The number of benzene rings is 2. The van der Waals surface area contributed by atoms with Gasteiger partial charge >= 0.3 is 0 Å². The molecular formula is C19H23Cl2NO2. The SMILES string of the molecule is Cl.OC(COCc1ccc(Cl)cc1)CN1CCc2ccccc2C1. The second-order valence-corrected chi connectivity index (χ2v) is 6.49. The molecule has 1 heterocycles. The van der Waals surface area contributed by atoms with Gasteiger partial charge in [0.1, 0.15) is 0 Å². The van der Waals surface area contributed by atoms with Gasteiger partial charge in [-0.3, -0.25) is 4.90 Å². The summed E-state index contributed by atoms with van der Waals surface area (Å²) < 4.78 is 5.61. The number of hydrogen-bond acceptors (Lipinski definition) is 3. The molecule has 0 saturated heterocycles. The molecule has 2 aromatic rings. The van der Waals surface area contributed by atoms with Gasteiger partial charge in [0.05, 0.1) is 19.3 Å². The van der Waals surface area contributed by atoms with E-state index in [2.05, 4.69) is 29.2 Å². The minimum Gasteiger partial charge on any atom is -0.389 e. The van der Waals surface area contributed by atoms with Crippen molar-refractivity contribution in [1.29, 1.82) is 0 Å². The Morgan fingerprint density at radius 3 is 2.54 bits per heavy atom. The third kappa shape index (κ3) is 5.47. The molecule has 2 aromatic carbocycles. The maximum absolute atomic E-state index is 10.2. The van der Waals surface area contributed by atoms with Crippen molar-refractivity contribution in [3.05, 3.63) is 70.2 Å². The average Bonchev–Trinajstić information content (AvgIpc) is 2.56. The van der Waals surface area contributed by atoms with Gasteiger partial charge in [0.2, 0.25) is 0 Å². The van der Waals surface area contributed by atoms with E-state index in [-0.39, 0.29) is 12.4 Å². The summed E-state index contributed by atoms with van der Waals surface area (Å²) in [6.45, 7) is 3.39. The van der Waals surface area contributed by atoms with Crippen molar-refractivity contribution >= 4 is 24.0 Å². The maximum atomic E-state index is 10.2. The molecule has 0 spiro atoms. The van der Waals surface area contributed by atoms with Gasteiger partial charge in [0, 0.05) is 24.7 Å². The van der Waals surface area contributed by atoms with Crippen molar-refractivity contribution in [1.82, 2.24) is 4.90 Å². The Morgan fingerprint density at radius 1 is 1.08 bits per heavy atom. The largest absolute Gasteiger partial charge is 0.389 e. The van der Waals surface area contributed by atoms with Crippen LogP contribution in [0.1, 0.15) is 16.7 Å². The summed E-state index contributed by atoms with van der Waals surface area (Å²) in [6.07, 6.45) is 0.585. The second kappa shape index (κ2) is 9.40. The lowest BCUT2D eigenvalue weighted by atomic mass is 10.00. The number of aliphatic hydroxyl groups excluding tert-OH is 1. The quantitative estimate of drug-likeness (QED) is 0.844. The Kier molecular flexibility index (Phi) is 7.53. The fourth-order valence-corrected chi connectivity index (χ4v) is 3.08. The van der Waals surface area contributed by atoms with E-state index in [1.165, 1.54) is 11.1 Å². The molecule has 0 amide bonds. The van der Waals surface area contributed by atoms with Gasteiger partial charge in [0.15, 0.2) is 0 Å². The van der Waals surface area contributed by atoms with Gasteiger partial charge in [0.25, 0.3) is 0 Å². The number of aliphatic hydroxyl groups is 1. The highest BCUT2D eigenvalue weighted by molar-refractivity contribution is 6.30. The molecular weight excluding hydrogens is 345 g/mol. The van der Waals surface area contributed by atoms with Crippen LogP contribution >= 0.6 is 24.0 Å².